The smallest absolute Gasteiger partial charge is 0.128 e. The molecule has 1 unspecified atom stereocenters. The second-order valence-corrected chi connectivity index (χ2v) is 7.36. The van der Waals surface area contributed by atoms with E-state index in [0.717, 1.165) is 37.5 Å². The van der Waals surface area contributed by atoms with Gasteiger partial charge in [0.25, 0.3) is 0 Å². The Morgan fingerprint density at radius 2 is 1.88 bits per heavy atom. The second kappa shape index (κ2) is 6.49. The molecule has 0 N–H and O–H groups in total. The average molecular weight is 338 g/mol. The van der Waals surface area contributed by atoms with Crippen LogP contribution in [0.15, 0.2) is 42.0 Å². The molecule has 5 heteroatoms. The minimum atomic E-state index is 0.421. The molecule has 0 saturated carbocycles. The molecule has 0 radical (unpaired) electrons. The zero-order chi connectivity index (χ0) is 16.5. The van der Waals surface area contributed by atoms with Crippen molar-refractivity contribution in [2.45, 2.75) is 19.9 Å². The number of hydrogen-bond acceptors (Lipinski definition) is 5. The molecule has 0 aliphatic carbocycles. The lowest BCUT2D eigenvalue weighted by Crippen LogP contribution is -2.47. The normalized spacial score (nSPS) is 17.3. The minimum Gasteiger partial charge on any atom is -0.354 e. The van der Waals surface area contributed by atoms with E-state index in [-0.39, 0.29) is 0 Å². The van der Waals surface area contributed by atoms with Crippen LogP contribution in [0.25, 0.3) is 10.2 Å². The van der Waals surface area contributed by atoms with E-state index in [1.165, 1.54) is 15.8 Å². The van der Waals surface area contributed by atoms with E-state index < -0.39 is 0 Å². The van der Waals surface area contributed by atoms with E-state index in [1.807, 2.05) is 11.7 Å². The fourth-order valence-electron chi connectivity index (χ4n) is 3.33. The van der Waals surface area contributed by atoms with Crippen molar-refractivity contribution in [3.63, 3.8) is 0 Å². The Bertz CT molecular complexity index is 819. The summed E-state index contributed by atoms with van der Waals surface area (Å²) in [5.74, 6) is 1.09. The second-order valence-electron chi connectivity index (χ2n) is 6.47. The zero-order valence-electron chi connectivity index (χ0n) is 14.1. The van der Waals surface area contributed by atoms with E-state index >= 15 is 0 Å². The Labute approximate surface area is 146 Å². The summed E-state index contributed by atoms with van der Waals surface area (Å²) in [6.45, 7) is 8.55. The number of fused-ring (bicyclic) bond motifs is 1. The molecule has 3 aromatic rings. The number of aromatic nitrogens is 2. The molecule has 4 nitrogen and oxygen atoms in total. The van der Waals surface area contributed by atoms with Gasteiger partial charge in [-0.25, -0.2) is 9.97 Å². The Hall–Kier alpha value is -1.98. The highest BCUT2D eigenvalue weighted by molar-refractivity contribution is 7.16. The van der Waals surface area contributed by atoms with Gasteiger partial charge in [0.2, 0.25) is 0 Å². The van der Waals surface area contributed by atoms with Crippen LogP contribution in [0.4, 0.5) is 5.82 Å². The topological polar surface area (TPSA) is 32.3 Å². The molecule has 1 atom stereocenters. The van der Waals surface area contributed by atoms with Gasteiger partial charge in [0.1, 0.15) is 5.82 Å². The summed E-state index contributed by atoms with van der Waals surface area (Å²) >= 11 is 1.70. The molecule has 124 valence electrons. The van der Waals surface area contributed by atoms with Gasteiger partial charge >= 0.3 is 0 Å². The van der Waals surface area contributed by atoms with Crippen LogP contribution in [0.3, 0.4) is 0 Å². The van der Waals surface area contributed by atoms with Crippen LogP contribution < -0.4 is 4.90 Å². The maximum Gasteiger partial charge on any atom is 0.128 e. The highest BCUT2D eigenvalue weighted by Gasteiger charge is 2.23. The molecule has 0 bridgehead atoms. The summed E-state index contributed by atoms with van der Waals surface area (Å²) in [6, 6.07) is 11.4. The van der Waals surface area contributed by atoms with Crippen LogP contribution in [-0.2, 0) is 0 Å². The van der Waals surface area contributed by atoms with Gasteiger partial charge in [-0.3, -0.25) is 4.90 Å². The van der Waals surface area contributed by atoms with Crippen molar-refractivity contribution in [3.8, 4) is 0 Å². The molecular formula is C19H22N4S. The van der Waals surface area contributed by atoms with Gasteiger partial charge in [0.15, 0.2) is 0 Å². The van der Waals surface area contributed by atoms with Gasteiger partial charge in [0, 0.05) is 38.4 Å². The maximum absolute atomic E-state index is 4.56. The van der Waals surface area contributed by atoms with E-state index in [1.54, 1.807) is 11.3 Å². The van der Waals surface area contributed by atoms with Crippen molar-refractivity contribution >= 4 is 27.4 Å². The molecule has 3 heterocycles. The first kappa shape index (κ1) is 15.5. The third-order valence-corrected chi connectivity index (χ3v) is 5.73. The SMILES string of the molecule is Cc1ccc(N2CCN(C(C)c3ccc4scnc4c3)CC2)nc1. The first-order valence-corrected chi connectivity index (χ1v) is 9.33. The molecule has 1 saturated heterocycles. The number of rotatable bonds is 3. The van der Waals surface area contributed by atoms with Crippen molar-refractivity contribution in [1.29, 1.82) is 0 Å². The highest BCUT2D eigenvalue weighted by Crippen LogP contribution is 2.27. The number of piperazine rings is 1. The van der Waals surface area contributed by atoms with Crippen molar-refractivity contribution < 1.29 is 0 Å². The lowest BCUT2D eigenvalue weighted by molar-refractivity contribution is 0.198. The molecular weight excluding hydrogens is 316 g/mol. The number of hydrogen-bond donors (Lipinski definition) is 0. The fraction of sp³-hybridized carbons (Fsp3) is 0.368. The van der Waals surface area contributed by atoms with Gasteiger partial charge in [0.05, 0.1) is 15.7 Å². The number of pyridine rings is 1. The van der Waals surface area contributed by atoms with Crippen LogP contribution >= 0.6 is 11.3 Å². The van der Waals surface area contributed by atoms with Gasteiger partial charge in [-0.05, 0) is 43.2 Å². The fourth-order valence-corrected chi connectivity index (χ4v) is 3.99. The van der Waals surface area contributed by atoms with Gasteiger partial charge in [-0.15, -0.1) is 11.3 Å². The Morgan fingerprint density at radius 3 is 2.62 bits per heavy atom. The van der Waals surface area contributed by atoms with Crippen molar-refractivity contribution in [1.82, 2.24) is 14.9 Å². The largest absolute Gasteiger partial charge is 0.354 e. The molecule has 4 rings (SSSR count). The summed E-state index contributed by atoms with van der Waals surface area (Å²) in [6.07, 6.45) is 1.95. The third-order valence-electron chi connectivity index (χ3n) is 4.92. The standard InChI is InChI=1S/C19H22N4S/c1-14-3-6-19(20-12-14)23-9-7-22(8-10-23)15(2)16-4-5-18-17(11-16)21-13-24-18/h3-6,11-13,15H,7-10H2,1-2H3. The quantitative estimate of drug-likeness (QED) is 0.725. The lowest BCUT2D eigenvalue weighted by Gasteiger charge is -2.38. The summed E-state index contributed by atoms with van der Waals surface area (Å²) in [5, 5.41) is 0. The first-order valence-electron chi connectivity index (χ1n) is 8.45. The summed E-state index contributed by atoms with van der Waals surface area (Å²) in [5.41, 5.74) is 5.61. The van der Waals surface area contributed by atoms with Crippen LogP contribution in [0.2, 0.25) is 0 Å². The van der Waals surface area contributed by atoms with Crippen molar-refractivity contribution in [2.24, 2.45) is 0 Å². The number of nitrogens with zero attached hydrogens (tertiary/aromatic N) is 4. The number of benzene rings is 1. The molecule has 1 aromatic carbocycles. The van der Waals surface area contributed by atoms with E-state index in [2.05, 4.69) is 63.9 Å². The van der Waals surface area contributed by atoms with Crippen LogP contribution in [-0.4, -0.2) is 41.0 Å². The molecule has 24 heavy (non-hydrogen) atoms. The highest BCUT2D eigenvalue weighted by atomic mass is 32.1. The van der Waals surface area contributed by atoms with Crippen LogP contribution in [0.5, 0.6) is 0 Å². The number of aryl methyl sites for hydroxylation is 1. The predicted octanol–water partition coefficient (Wildman–Crippen LogP) is 3.88. The maximum atomic E-state index is 4.56. The predicted molar refractivity (Wildman–Crippen MR) is 101 cm³/mol. The zero-order valence-corrected chi connectivity index (χ0v) is 15.0. The molecule has 2 aromatic heterocycles. The van der Waals surface area contributed by atoms with Gasteiger partial charge in [-0.2, -0.15) is 0 Å². The molecule has 0 amide bonds. The molecule has 0 spiro atoms. The molecule has 1 fully saturated rings. The third kappa shape index (κ3) is 3.01. The Balaban J connectivity index is 1.43. The first-order chi connectivity index (χ1) is 11.7. The average Bonchev–Trinajstić information content (AvgIpc) is 3.09. The lowest BCUT2D eigenvalue weighted by atomic mass is 10.1. The van der Waals surface area contributed by atoms with Crippen molar-refractivity contribution in [2.75, 3.05) is 31.1 Å². The van der Waals surface area contributed by atoms with E-state index in [0.29, 0.717) is 6.04 Å². The van der Waals surface area contributed by atoms with E-state index in [4.69, 9.17) is 0 Å². The minimum absolute atomic E-state index is 0.421. The van der Waals surface area contributed by atoms with Crippen LogP contribution in [0, 0.1) is 6.92 Å². The summed E-state index contributed by atoms with van der Waals surface area (Å²) in [7, 11) is 0. The Morgan fingerprint density at radius 1 is 1.04 bits per heavy atom. The van der Waals surface area contributed by atoms with Crippen LogP contribution in [0.1, 0.15) is 24.1 Å². The van der Waals surface area contributed by atoms with Gasteiger partial charge in [-0.1, -0.05) is 12.1 Å². The molecule has 1 aliphatic heterocycles. The molecule has 1 aliphatic rings. The number of anilines is 1. The Kier molecular flexibility index (Phi) is 4.21. The monoisotopic (exact) mass is 338 g/mol. The van der Waals surface area contributed by atoms with E-state index in [9.17, 15) is 0 Å². The summed E-state index contributed by atoms with van der Waals surface area (Å²) < 4.78 is 1.27. The van der Waals surface area contributed by atoms with Gasteiger partial charge < -0.3 is 4.90 Å². The number of thiazole rings is 1. The summed E-state index contributed by atoms with van der Waals surface area (Å²) in [4.78, 5) is 13.9. The van der Waals surface area contributed by atoms with Crippen molar-refractivity contribution in [3.05, 3.63) is 53.2 Å².